The lowest BCUT2D eigenvalue weighted by Crippen LogP contribution is -2.40. The Morgan fingerprint density at radius 3 is 2.76 bits per heavy atom. The van der Waals surface area contributed by atoms with Crippen LogP contribution in [0.3, 0.4) is 0 Å². The Balaban J connectivity index is 1.51. The predicted octanol–water partition coefficient (Wildman–Crippen LogP) is 0.571. The number of aromatic nitrogens is 4. The van der Waals surface area contributed by atoms with E-state index in [0.29, 0.717) is 42.7 Å². The summed E-state index contributed by atoms with van der Waals surface area (Å²) in [6, 6.07) is 7.00. The molecule has 3 aromatic rings. The number of nitrogen functional groups attached to an aromatic ring is 1. The molecule has 1 fully saturated rings. The average molecular weight is 515 g/mol. The topological polar surface area (TPSA) is 186 Å². The van der Waals surface area contributed by atoms with Crippen LogP contribution in [0.25, 0.3) is 11.2 Å². The first-order valence-corrected chi connectivity index (χ1v) is 11.8. The highest BCUT2D eigenvalue weighted by atomic mass is 16.6. The number of nitrogens with zero attached hydrogens (tertiary/aromatic N) is 5. The van der Waals surface area contributed by atoms with E-state index in [1.54, 1.807) is 18.2 Å². The number of imidazole rings is 1. The number of aliphatic hydroxyl groups is 2. The van der Waals surface area contributed by atoms with Crippen LogP contribution in [0.5, 0.6) is 0 Å². The number of esters is 1. The highest BCUT2D eigenvalue weighted by Gasteiger charge is 2.44. The van der Waals surface area contributed by atoms with Crippen molar-refractivity contribution in [2.75, 3.05) is 25.9 Å². The van der Waals surface area contributed by atoms with Crippen molar-refractivity contribution in [2.45, 2.75) is 50.3 Å². The molecule has 0 spiro atoms. The molecule has 3 heterocycles. The van der Waals surface area contributed by atoms with Crippen LogP contribution in [-0.2, 0) is 20.8 Å². The first-order valence-electron chi connectivity index (χ1n) is 11.8. The molecular formula is C24H30N6O7. The molecule has 0 aliphatic carbocycles. The van der Waals surface area contributed by atoms with Gasteiger partial charge >= 0.3 is 11.9 Å². The predicted molar refractivity (Wildman–Crippen MR) is 130 cm³/mol. The molecule has 0 bridgehead atoms. The van der Waals surface area contributed by atoms with Crippen LogP contribution in [-0.4, -0.2) is 90.2 Å². The van der Waals surface area contributed by atoms with Crippen LogP contribution in [0.15, 0.2) is 36.9 Å². The molecule has 4 atom stereocenters. The number of carbonyl (C=O) groups is 2. The number of rotatable bonds is 11. The number of aliphatic carboxylic acids is 1. The zero-order valence-electron chi connectivity index (χ0n) is 20.3. The van der Waals surface area contributed by atoms with Gasteiger partial charge in [-0.25, -0.2) is 19.7 Å². The molecule has 0 saturated carbocycles. The number of fused-ring (bicyclic) bond motifs is 1. The molecule has 2 aromatic heterocycles. The summed E-state index contributed by atoms with van der Waals surface area (Å²) in [5, 5.41) is 30.6. The van der Waals surface area contributed by atoms with Crippen molar-refractivity contribution in [3.8, 4) is 0 Å². The van der Waals surface area contributed by atoms with Crippen molar-refractivity contribution in [3.63, 3.8) is 0 Å². The number of hydrogen-bond donors (Lipinski definition) is 4. The zero-order chi connectivity index (χ0) is 26.5. The van der Waals surface area contributed by atoms with Crippen molar-refractivity contribution in [3.05, 3.63) is 48.0 Å². The Morgan fingerprint density at radius 1 is 1.19 bits per heavy atom. The Labute approximate surface area is 212 Å². The van der Waals surface area contributed by atoms with Gasteiger partial charge in [-0.1, -0.05) is 12.1 Å². The number of carboxylic acid groups (broad SMARTS) is 1. The standard InChI is InChI=1S/C24H30N6O7/c1-36-24(35)15-6-4-5-14(9-15)10-29(8-3-2-7-17(31)32)11-16-19(33)20(34)23(37-16)30-13-28-18-21(25)26-12-27-22(18)30/h4-6,9,12-13,16,19-20,23,33-34H,2-3,7-8,10-11H2,1H3,(H,31,32)(H2,25,26,27)/t16-,19-,20-,23-/m1/s1. The average Bonchev–Trinajstić information content (AvgIpc) is 3.43. The van der Waals surface area contributed by atoms with E-state index in [2.05, 4.69) is 15.0 Å². The van der Waals surface area contributed by atoms with E-state index in [1.165, 1.54) is 24.3 Å². The number of aliphatic hydroxyl groups excluding tert-OH is 2. The molecule has 1 aromatic carbocycles. The van der Waals surface area contributed by atoms with Gasteiger partial charge in [-0.15, -0.1) is 0 Å². The van der Waals surface area contributed by atoms with E-state index < -0.39 is 36.5 Å². The third kappa shape index (κ3) is 6.02. The van der Waals surface area contributed by atoms with Gasteiger partial charge in [-0.05, 0) is 37.1 Å². The van der Waals surface area contributed by atoms with Gasteiger partial charge in [0.15, 0.2) is 17.7 Å². The largest absolute Gasteiger partial charge is 0.481 e. The fourth-order valence-electron chi connectivity index (χ4n) is 4.44. The zero-order valence-corrected chi connectivity index (χ0v) is 20.3. The smallest absolute Gasteiger partial charge is 0.337 e. The van der Waals surface area contributed by atoms with Crippen LogP contribution in [0.2, 0.25) is 0 Å². The maximum absolute atomic E-state index is 12.0. The highest BCUT2D eigenvalue weighted by molar-refractivity contribution is 5.89. The highest BCUT2D eigenvalue weighted by Crippen LogP contribution is 2.32. The fraction of sp³-hybridized carbons (Fsp3) is 0.458. The molecule has 5 N–H and O–H groups in total. The van der Waals surface area contributed by atoms with E-state index in [0.717, 1.165) is 5.56 Å². The fourth-order valence-corrected chi connectivity index (χ4v) is 4.44. The molecule has 13 nitrogen and oxygen atoms in total. The third-order valence-electron chi connectivity index (χ3n) is 6.31. The Morgan fingerprint density at radius 2 is 2.00 bits per heavy atom. The van der Waals surface area contributed by atoms with Gasteiger partial charge in [0.25, 0.3) is 0 Å². The molecule has 13 heteroatoms. The molecule has 4 rings (SSSR count). The molecule has 0 radical (unpaired) electrons. The summed E-state index contributed by atoms with van der Waals surface area (Å²) in [6.45, 7) is 1.16. The second kappa shape index (κ2) is 11.6. The van der Waals surface area contributed by atoms with Crippen LogP contribution >= 0.6 is 0 Å². The van der Waals surface area contributed by atoms with Gasteiger partial charge in [-0.2, -0.15) is 0 Å². The number of nitrogens with two attached hydrogens (primary N) is 1. The molecule has 0 amide bonds. The Kier molecular flexibility index (Phi) is 8.28. The van der Waals surface area contributed by atoms with Crippen LogP contribution in [0, 0.1) is 0 Å². The van der Waals surface area contributed by atoms with Crippen molar-refractivity contribution in [1.82, 2.24) is 24.4 Å². The number of unbranched alkanes of at least 4 members (excludes halogenated alkanes) is 1. The molecule has 1 aliphatic heterocycles. The van der Waals surface area contributed by atoms with Crippen LogP contribution in [0.1, 0.15) is 41.4 Å². The second-order valence-electron chi connectivity index (χ2n) is 8.91. The summed E-state index contributed by atoms with van der Waals surface area (Å²) < 4.78 is 12.4. The minimum Gasteiger partial charge on any atom is -0.481 e. The van der Waals surface area contributed by atoms with Gasteiger partial charge in [0.2, 0.25) is 0 Å². The molecule has 1 aliphatic rings. The summed E-state index contributed by atoms with van der Waals surface area (Å²) in [5.41, 5.74) is 7.83. The van der Waals surface area contributed by atoms with Gasteiger partial charge in [-0.3, -0.25) is 14.3 Å². The van der Waals surface area contributed by atoms with E-state index in [-0.39, 0.29) is 18.8 Å². The number of anilines is 1. The van der Waals surface area contributed by atoms with E-state index in [9.17, 15) is 19.8 Å². The number of ether oxygens (including phenoxy) is 2. The minimum atomic E-state index is -1.25. The molecule has 1 saturated heterocycles. The molecule has 37 heavy (non-hydrogen) atoms. The maximum Gasteiger partial charge on any atom is 0.337 e. The lowest BCUT2D eigenvalue weighted by molar-refractivity contribution is -0.137. The first-order chi connectivity index (χ1) is 17.8. The Hall–Kier alpha value is -3.65. The second-order valence-corrected chi connectivity index (χ2v) is 8.91. The Bertz CT molecular complexity index is 1250. The first kappa shape index (κ1) is 26.4. The summed E-state index contributed by atoms with van der Waals surface area (Å²) in [6.07, 6.45) is -0.327. The van der Waals surface area contributed by atoms with Gasteiger partial charge in [0.1, 0.15) is 30.2 Å². The van der Waals surface area contributed by atoms with E-state index in [1.807, 2.05) is 11.0 Å². The summed E-state index contributed by atoms with van der Waals surface area (Å²) >= 11 is 0. The monoisotopic (exact) mass is 514 g/mol. The number of hydrogen-bond acceptors (Lipinski definition) is 11. The SMILES string of the molecule is COC(=O)c1cccc(CN(CCCCC(=O)O)C[C@H]2O[C@@H](n3cnc4c(N)ncnc43)[C@H](O)[C@@H]2O)c1. The lowest BCUT2D eigenvalue weighted by atomic mass is 10.1. The number of benzene rings is 1. The minimum absolute atomic E-state index is 0.0493. The molecule has 198 valence electrons. The van der Waals surface area contributed by atoms with Crippen molar-refractivity contribution < 1.29 is 34.4 Å². The summed E-state index contributed by atoms with van der Waals surface area (Å²) in [4.78, 5) is 37.2. The van der Waals surface area contributed by atoms with E-state index >= 15 is 0 Å². The quantitative estimate of drug-likeness (QED) is 0.206. The van der Waals surface area contributed by atoms with Gasteiger partial charge < -0.3 is 30.5 Å². The van der Waals surface area contributed by atoms with Gasteiger partial charge in [0, 0.05) is 19.5 Å². The van der Waals surface area contributed by atoms with Crippen molar-refractivity contribution in [1.29, 1.82) is 0 Å². The van der Waals surface area contributed by atoms with Gasteiger partial charge in [0.05, 0.1) is 19.0 Å². The summed E-state index contributed by atoms with van der Waals surface area (Å²) in [5.74, 6) is -1.13. The molecular weight excluding hydrogens is 484 g/mol. The lowest BCUT2D eigenvalue weighted by Gasteiger charge is -2.27. The third-order valence-corrected chi connectivity index (χ3v) is 6.31. The van der Waals surface area contributed by atoms with Crippen molar-refractivity contribution in [2.24, 2.45) is 0 Å². The number of carbonyl (C=O) groups excluding carboxylic acids is 1. The van der Waals surface area contributed by atoms with E-state index in [4.69, 9.17) is 20.3 Å². The van der Waals surface area contributed by atoms with Crippen LogP contribution in [0.4, 0.5) is 5.82 Å². The normalized spacial score (nSPS) is 21.5. The van der Waals surface area contributed by atoms with Crippen LogP contribution < -0.4 is 5.73 Å². The number of methoxy groups -OCH3 is 1. The maximum atomic E-state index is 12.0. The molecule has 0 unspecified atom stereocenters. The number of carboxylic acids is 1. The summed E-state index contributed by atoms with van der Waals surface area (Å²) in [7, 11) is 1.31. The van der Waals surface area contributed by atoms with Crippen molar-refractivity contribution >= 4 is 28.9 Å².